The van der Waals surface area contributed by atoms with Gasteiger partial charge in [0.15, 0.2) is 0 Å². The molecule has 0 spiro atoms. The van der Waals surface area contributed by atoms with Crippen molar-refractivity contribution in [3.63, 3.8) is 0 Å². The molecule has 0 aliphatic carbocycles. The molecule has 122 valence electrons. The number of nitrogens with one attached hydrogen (secondary N) is 2. The van der Waals surface area contributed by atoms with Gasteiger partial charge in [-0.2, -0.15) is 0 Å². The fourth-order valence-electron chi connectivity index (χ4n) is 3.01. The van der Waals surface area contributed by atoms with Gasteiger partial charge in [-0.25, -0.2) is 0 Å². The van der Waals surface area contributed by atoms with E-state index in [0.29, 0.717) is 6.04 Å². The summed E-state index contributed by atoms with van der Waals surface area (Å²) in [6, 6.07) is 5.09. The van der Waals surface area contributed by atoms with Gasteiger partial charge in [0.25, 0.3) is 0 Å². The fraction of sp³-hybridized carbons (Fsp3) is 0.579. The van der Waals surface area contributed by atoms with Crippen molar-refractivity contribution in [2.45, 2.75) is 70.9 Å². The second-order valence-electron chi connectivity index (χ2n) is 6.62. The van der Waals surface area contributed by atoms with Gasteiger partial charge in [-0.05, 0) is 70.1 Å². The van der Waals surface area contributed by atoms with Gasteiger partial charge in [0.1, 0.15) is 0 Å². The van der Waals surface area contributed by atoms with Crippen LogP contribution in [0.5, 0.6) is 0 Å². The standard InChI is InChI=1S/C19H30N2S/c1-8-12(3)20-15-10-16-13(4)14(5)19(6,9-2)21-18(16)17(11-15)22-7/h10-12,20-21H,8-9H2,1-7H3. The van der Waals surface area contributed by atoms with Crippen LogP contribution in [0.3, 0.4) is 0 Å². The Hall–Kier alpha value is -1.09. The molecule has 0 amide bonds. The summed E-state index contributed by atoms with van der Waals surface area (Å²) in [5.74, 6) is 0. The Balaban J connectivity index is 2.55. The number of rotatable bonds is 5. The number of thioether (sulfide) groups is 1. The largest absolute Gasteiger partial charge is 0.383 e. The quantitative estimate of drug-likeness (QED) is 0.650. The monoisotopic (exact) mass is 318 g/mol. The predicted octanol–water partition coefficient (Wildman–Crippen LogP) is 6.01. The second kappa shape index (κ2) is 6.57. The Bertz CT molecular complexity index is 591. The number of anilines is 2. The van der Waals surface area contributed by atoms with Crippen molar-refractivity contribution in [1.29, 1.82) is 0 Å². The first-order valence-electron chi connectivity index (χ1n) is 8.31. The van der Waals surface area contributed by atoms with Crippen LogP contribution in [0.25, 0.3) is 5.57 Å². The van der Waals surface area contributed by atoms with Crippen LogP contribution in [0.1, 0.15) is 59.9 Å². The molecule has 22 heavy (non-hydrogen) atoms. The van der Waals surface area contributed by atoms with E-state index in [1.807, 2.05) is 11.8 Å². The number of fused-ring (bicyclic) bond motifs is 1. The summed E-state index contributed by atoms with van der Waals surface area (Å²) in [4.78, 5) is 1.33. The first-order valence-corrected chi connectivity index (χ1v) is 9.53. The van der Waals surface area contributed by atoms with Crippen molar-refractivity contribution < 1.29 is 0 Å². The zero-order valence-electron chi connectivity index (χ0n) is 15.1. The minimum Gasteiger partial charge on any atom is -0.383 e. The van der Waals surface area contributed by atoms with Crippen molar-refractivity contribution in [1.82, 2.24) is 0 Å². The summed E-state index contributed by atoms with van der Waals surface area (Å²) in [6.07, 6.45) is 4.39. The molecule has 2 atom stereocenters. The summed E-state index contributed by atoms with van der Waals surface area (Å²) >= 11 is 1.82. The zero-order chi connectivity index (χ0) is 16.5. The zero-order valence-corrected chi connectivity index (χ0v) is 15.9. The summed E-state index contributed by atoms with van der Waals surface area (Å²) in [5, 5.41) is 7.43. The van der Waals surface area contributed by atoms with E-state index in [0.717, 1.165) is 12.8 Å². The lowest BCUT2D eigenvalue weighted by molar-refractivity contribution is 0.571. The Labute approximate surface area is 140 Å². The number of hydrogen-bond acceptors (Lipinski definition) is 3. The lowest BCUT2D eigenvalue weighted by Gasteiger charge is -2.39. The Kier molecular flexibility index (Phi) is 5.16. The van der Waals surface area contributed by atoms with Crippen molar-refractivity contribution >= 4 is 28.7 Å². The molecular weight excluding hydrogens is 288 g/mol. The molecule has 0 saturated heterocycles. The highest BCUT2D eigenvalue weighted by Crippen LogP contribution is 2.45. The molecule has 0 saturated carbocycles. The summed E-state index contributed by atoms with van der Waals surface area (Å²) in [6.45, 7) is 13.5. The van der Waals surface area contributed by atoms with E-state index in [1.165, 1.54) is 33.0 Å². The average Bonchev–Trinajstić information content (AvgIpc) is 2.52. The summed E-state index contributed by atoms with van der Waals surface area (Å²) in [5.41, 5.74) is 6.81. The third-order valence-electron chi connectivity index (χ3n) is 5.25. The van der Waals surface area contributed by atoms with Crippen LogP contribution >= 0.6 is 11.8 Å². The Morgan fingerprint density at radius 1 is 1.27 bits per heavy atom. The topological polar surface area (TPSA) is 24.1 Å². The van der Waals surface area contributed by atoms with Gasteiger partial charge < -0.3 is 10.6 Å². The Morgan fingerprint density at radius 2 is 1.95 bits per heavy atom. The van der Waals surface area contributed by atoms with Gasteiger partial charge in [0.05, 0.1) is 11.2 Å². The van der Waals surface area contributed by atoms with E-state index < -0.39 is 0 Å². The van der Waals surface area contributed by atoms with Crippen molar-refractivity contribution in [3.8, 4) is 0 Å². The minimum absolute atomic E-state index is 0.0627. The smallest absolute Gasteiger partial charge is 0.0562 e. The molecule has 2 nitrogen and oxygen atoms in total. The van der Waals surface area contributed by atoms with E-state index in [-0.39, 0.29) is 5.54 Å². The van der Waals surface area contributed by atoms with Crippen LogP contribution in [-0.4, -0.2) is 17.8 Å². The first-order chi connectivity index (χ1) is 10.4. The van der Waals surface area contributed by atoms with Crippen LogP contribution in [0, 0.1) is 0 Å². The highest BCUT2D eigenvalue weighted by atomic mass is 32.2. The predicted molar refractivity (Wildman–Crippen MR) is 102 cm³/mol. The van der Waals surface area contributed by atoms with Crippen molar-refractivity contribution in [2.75, 3.05) is 16.9 Å². The minimum atomic E-state index is 0.0627. The number of hydrogen-bond donors (Lipinski definition) is 2. The third kappa shape index (κ3) is 3.01. The van der Waals surface area contributed by atoms with E-state index in [4.69, 9.17) is 0 Å². The van der Waals surface area contributed by atoms with Gasteiger partial charge in [-0.1, -0.05) is 13.8 Å². The fourth-order valence-corrected chi connectivity index (χ4v) is 3.62. The van der Waals surface area contributed by atoms with Crippen molar-refractivity contribution in [3.05, 3.63) is 23.3 Å². The molecule has 0 aromatic heterocycles. The molecule has 2 unspecified atom stereocenters. The van der Waals surface area contributed by atoms with E-state index in [1.54, 1.807) is 0 Å². The maximum atomic E-state index is 3.81. The SMILES string of the molecule is CCC(C)Nc1cc(SC)c2c(c1)C(C)=C(C)C(C)(CC)N2. The van der Waals surface area contributed by atoms with Gasteiger partial charge in [0.2, 0.25) is 0 Å². The van der Waals surface area contributed by atoms with Gasteiger partial charge in [-0.15, -0.1) is 11.8 Å². The molecule has 1 aliphatic heterocycles. The molecule has 0 fully saturated rings. The van der Waals surface area contributed by atoms with Gasteiger partial charge in [0, 0.05) is 22.2 Å². The van der Waals surface area contributed by atoms with Crippen LogP contribution in [-0.2, 0) is 0 Å². The number of benzene rings is 1. The Morgan fingerprint density at radius 3 is 2.50 bits per heavy atom. The van der Waals surface area contributed by atoms with Crippen LogP contribution in [0.2, 0.25) is 0 Å². The molecule has 0 bridgehead atoms. The van der Waals surface area contributed by atoms with E-state index in [2.05, 4.69) is 70.6 Å². The summed E-state index contributed by atoms with van der Waals surface area (Å²) < 4.78 is 0. The van der Waals surface area contributed by atoms with Crippen molar-refractivity contribution in [2.24, 2.45) is 0 Å². The molecule has 2 N–H and O–H groups in total. The lowest BCUT2D eigenvalue weighted by Crippen LogP contribution is -2.38. The maximum Gasteiger partial charge on any atom is 0.0562 e. The molecule has 3 heteroatoms. The molecule has 0 radical (unpaired) electrons. The molecule has 2 rings (SSSR count). The van der Waals surface area contributed by atoms with Crippen LogP contribution in [0.4, 0.5) is 11.4 Å². The lowest BCUT2D eigenvalue weighted by atomic mass is 9.81. The number of allylic oxidation sites excluding steroid dienone is 1. The normalized spacial score (nSPS) is 22.1. The van der Waals surface area contributed by atoms with Gasteiger partial charge >= 0.3 is 0 Å². The average molecular weight is 319 g/mol. The molecule has 1 heterocycles. The van der Waals surface area contributed by atoms with Crippen LogP contribution in [0.15, 0.2) is 22.6 Å². The second-order valence-corrected chi connectivity index (χ2v) is 7.46. The third-order valence-corrected chi connectivity index (χ3v) is 6.01. The van der Waals surface area contributed by atoms with Gasteiger partial charge in [-0.3, -0.25) is 0 Å². The van der Waals surface area contributed by atoms with E-state index in [9.17, 15) is 0 Å². The van der Waals surface area contributed by atoms with Crippen LogP contribution < -0.4 is 10.6 Å². The highest BCUT2D eigenvalue weighted by Gasteiger charge is 2.32. The molecule has 1 aliphatic rings. The molecule has 1 aromatic rings. The first kappa shape index (κ1) is 17.3. The molecular formula is C19H30N2S. The van der Waals surface area contributed by atoms with E-state index >= 15 is 0 Å². The summed E-state index contributed by atoms with van der Waals surface area (Å²) in [7, 11) is 0. The highest BCUT2D eigenvalue weighted by molar-refractivity contribution is 7.98. The maximum absolute atomic E-state index is 3.81. The molecule has 1 aromatic carbocycles.